The summed E-state index contributed by atoms with van der Waals surface area (Å²) in [5.41, 5.74) is 0.861. The number of ether oxygens (including phenoxy) is 1. The highest BCUT2D eigenvalue weighted by Crippen LogP contribution is 2.26. The van der Waals surface area contributed by atoms with E-state index >= 15 is 0 Å². The van der Waals surface area contributed by atoms with Crippen molar-refractivity contribution in [2.75, 3.05) is 19.8 Å². The quantitative estimate of drug-likeness (QED) is 0.876. The number of aromatic nitrogens is 4. The third-order valence-electron chi connectivity index (χ3n) is 3.46. The van der Waals surface area contributed by atoms with Gasteiger partial charge in [-0.15, -0.1) is 0 Å². The Bertz CT molecular complexity index is 565. The Morgan fingerprint density at radius 2 is 2.35 bits per heavy atom. The van der Waals surface area contributed by atoms with Gasteiger partial charge < -0.3 is 14.6 Å². The molecular formula is C13H19N5O2. The Morgan fingerprint density at radius 3 is 3.10 bits per heavy atom. The second-order valence-corrected chi connectivity index (χ2v) is 5.06. The van der Waals surface area contributed by atoms with Crippen LogP contribution in [0, 0.1) is 0 Å². The molecule has 2 unspecified atom stereocenters. The molecule has 3 heterocycles. The maximum absolute atomic E-state index is 5.53. The molecule has 7 nitrogen and oxygen atoms in total. The summed E-state index contributed by atoms with van der Waals surface area (Å²) in [4.78, 5) is 4.48. The molecular weight excluding hydrogens is 258 g/mol. The maximum atomic E-state index is 5.53. The molecule has 1 aliphatic heterocycles. The predicted octanol–water partition coefficient (Wildman–Crippen LogP) is 0.952. The fourth-order valence-electron chi connectivity index (χ4n) is 2.37. The number of nitrogens with one attached hydrogen (secondary N) is 1. The smallest absolute Gasteiger partial charge is 0.234 e. The van der Waals surface area contributed by atoms with Crippen LogP contribution in [0.3, 0.4) is 0 Å². The van der Waals surface area contributed by atoms with Gasteiger partial charge in [0.05, 0.1) is 30.9 Å². The Balaban J connectivity index is 1.75. The van der Waals surface area contributed by atoms with Crippen LogP contribution in [0.15, 0.2) is 16.9 Å². The first kappa shape index (κ1) is 13.3. The topological polar surface area (TPSA) is 78.0 Å². The minimum Gasteiger partial charge on any atom is -0.379 e. The molecule has 2 aromatic heterocycles. The second-order valence-electron chi connectivity index (χ2n) is 5.06. The van der Waals surface area contributed by atoms with Crippen molar-refractivity contribution >= 4 is 0 Å². The molecule has 2 aromatic rings. The molecule has 7 heteroatoms. The van der Waals surface area contributed by atoms with Crippen LogP contribution in [0.5, 0.6) is 0 Å². The lowest BCUT2D eigenvalue weighted by molar-refractivity contribution is 0.184. The van der Waals surface area contributed by atoms with Crippen molar-refractivity contribution in [2.45, 2.75) is 25.3 Å². The zero-order valence-electron chi connectivity index (χ0n) is 11.7. The van der Waals surface area contributed by atoms with E-state index < -0.39 is 0 Å². The van der Waals surface area contributed by atoms with E-state index in [2.05, 4.69) is 27.5 Å². The van der Waals surface area contributed by atoms with E-state index in [1.54, 1.807) is 10.9 Å². The first-order valence-electron chi connectivity index (χ1n) is 6.91. The van der Waals surface area contributed by atoms with Gasteiger partial charge in [0, 0.05) is 19.3 Å². The van der Waals surface area contributed by atoms with Gasteiger partial charge in [0.15, 0.2) is 0 Å². The Morgan fingerprint density at radius 1 is 1.45 bits per heavy atom. The molecule has 1 fully saturated rings. The van der Waals surface area contributed by atoms with E-state index in [-0.39, 0.29) is 12.0 Å². The van der Waals surface area contributed by atoms with Crippen molar-refractivity contribution in [2.24, 2.45) is 7.05 Å². The van der Waals surface area contributed by atoms with Gasteiger partial charge in [-0.2, -0.15) is 10.1 Å². The SMILES string of the molecule is CCCNC1COCC1c1nc(-c2cnn(C)c2)no1. The van der Waals surface area contributed by atoms with Crippen molar-refractivity contribution in [3.8, 4) is 11.4 Å². The zero-order chi connectivity index (χ0) is 13.9. The number of hydrogen-bond donors (Lipinski definition) is 1. The Hall–Kier alpha value is -1.73. The summed E-state index contributed by atoms with van der Waals surface area (Å²) in [6.45, 7) is 4.42. The summed E-state index contributed by atoms with van der Waals surface area (Å²) in [6.07, 6.45) is 4.69. The van der Waals surface area contributed by atoms with Gasteiger partial charge in [0.2, 0.25) is 11.7 Å². The second kappa shape index (κ2) is 5.72. The monoisotopic (exact) mass is 277 g/mol. The van der Waals surface area contributed by atoms with Crippen LogP contribution in [-0.4, -0.2) is 45.7 Å². The van der Waals surface area contributed by atoms with E-state index in [0.29, 0.717) is 24.9 Å². The largest absolute Gasteiger partial charge is 0.379 e. The fourth-order valence-corrected chi connectivity index (χ4v) is 2.37. The first-order chi connectivity index (χ1) is 9.78. The van der Waals surface area contributed by atoms with Gasteiger partial charge >= 0.3 is 0 Å². The molecule has 1 aliphatic rings. The maximum Gasteiger partial charge on any atom is 0.234 e. The lowest BCUT2D eigenvalue weighted by Crippen LogP contribution is -2.34. The number of aryl methyl sites for hydroxylation is 1. The minimum absolute atomic E-state index is 0.125. The van der Waals surface area contributed by atoms with Crippen LogP contribution in [0.25, 0.3) is 11.4 Å². The average Bonchev–Trinajstić information content (AvgIpc) is 3.15. The molecule has 0 bridgehead atoms. The third kappa shape index (κ3) is 2.59. The van der Waals surface area contributed by atoms with E-state index in [0.717, 1.165) is 18.5 Å². The number of nitrogens with zero attached hydrogens (tertiary/aromatic N) is 4. The van der Waals surface area contributed by atoms with Gasteiger partial charge in [0.1, 0.15) is 0 Å². The summed E-state index contributed by atoms with van der Waals surface area (Å²) >= 11 is 0. The van der Waals surface area contributed by atoms with Crippen molar-refractivity contribution < 1.29 is 9.26 Å². The summed E-state index contributed by atoms with van der Waals surface area (Å²) < 4.78 is 12.7. The van der Waals surface area contributed by atoms with E-state index in [1.165, 1.54) is 0 Å². The highest BCUT2D eigenvalue weighted by molar-refractivity contribution is 5.51. The van der Waals surface area contributed by atoms with E-state index in [9.17, 15) is 0 Å². The van der Waals surface area contributed by atoms with Gasteiger partial charge in [-0.25, -0.2) is 0 Å². The van der Waals surface area contributed by atoms with Crippen molar-refractivity contribution in [1.82, 2.24) is 25.2 Å². The molecule has 2 atom stereocenters. The number of rotatable bonds is 5. The van der Waals surface area contributed by atoms with Crippen LogP contribution in [0.4, 0.5) is 0 Å². The minimum atomic E-state index is 0.125. The van der Waals surface area contributed by atoms with Crippen LogP contribution in [0.1, 0.15) is 25.2 Å². The Labute approximate surface area is 117 Å². The lowest BCUT2D eigenvalue weighted by atomic mass is 10.0. The van der Waals surface area contributed by atoms with Gasteiger partial charge in [0.25, 0.3) is 0 Å². The van der Waals surface area contributed by atoms with Crippen LogP contribution < -0.4 is 5.32 Å². The molecule has 3 rings (SSSR count). The molecule has 20 heavy (non-hydrogen) atoms. The lowest BCUT2D eigenvalue weighted by Gasteiger charge is -2.14. The molecule has 0 aromatic carbocycles. The first-order valence-corrected chi connectivity index (χ1v) is 6.91. The van der Waals surface area contributed by atoms with Crippen molar-refractivity contribution in [3.63, 3.8) is 0 Å². The highest BCUT2D eigenvalue weighted by Gasteiger charge is 2.33. The van der Waals surface area contributed by atoms with Crippen molar-refractivity contribution in [1.29, 1.82) is 0 Å². The predicted molar refractivity (Wildman–Crippen MR) is 72.1 cm³/mol. The molecule has 1 N–H and O–H groups in total. The summed E-state index contributed by atoms with van der Waals surface area (Å²) in [5, 5.41) is 11.6. The van der Waals surface area contributed by atoms with Gasteiger partial charge in [-0.3, -0.25) is 4.68 Å². The zero-order valence-corrected chi connectivity index (χ0v) is 11.7. The van der Waals surface area contributed by atoms with Crippen molar-refractivity contribution in [3.05, 3.63) is 18.3 Å². The molecule has 0 aliphatic carbocycles. The average molecular weight is 277 g/mol. The fraction of sp³-hybridized carbons (Fsp3) is 0.615. The van der Waals surface area contributed by atoms with Gasteiger partial charge in [-0.1, -0.05) is 12.1 Å². The highest BCUT2D eigenvalue weighted by atomic mass is 16.5. The molecule has 0 spiro atoms. The van der Waals surface area contributed by atoms with Gasteiger partial charge in [-0.05, 0) is 13.0 Å². The van der Waals surface area contributed by atoms with Crippen LogP contribution >= 0.6 is 0 Å². The standard InChI is InChI=1S/C13H19N5O2/c1-3-4-14-11-8-19-7-10(11)13-16-12(17-20-13)9-5-15-18(2)6-9/h5-6,10-11,14H,3-4,7-8H2,1-2H3. The number of hydrogen-bond acceptors (Lipinski definition) is 6. The summed E-state index contributed by atoms with van der Waals surface area (Å²) in [6, 6.07) is 0.247. The summed E-state index contributed by atoms with van der Waals surface area (Å²) in [7, 11) is 1.86. The molecule has 1 saturated heterocycles. The Kier molecular flexibility index (Phi) is 3.79. The third-order valence-corrected chi connectivity index (χ3v) is 3.46. The molecule has 0 amide bonds. The normalized spacial score (nSPS) is 22.5. The molecule has 0 radical (unpaired) electrons. The molecule has 108 valence electrons. The van der Waals surface area contributed by atoms with Crippen LogP contribution in [0.2, 0.25) is 0 Å². The van der Waals surface area contributed by atoms with E-state index in [4.69, 9.17) is 9.26 Å². The van der Waals surface area contributed by atoms with Crippen LogP contribution in [-0.2, 0) is 11.8 Å². The molecule has 0 saturated carbocycles. The summed E-state index contributed by atoms with van der Waals surface area (Å²) in [5.74, 6) is 1.34. The van der Waals surface area contributed by atoms with E-state index in [1.807, 2.05) is 13.2 Å².